The van der Waals surface area contributed by atoms with Gasteiger partial charge < -0.3 is 15.1 Å². The van der Waals surface area contributed by atoms with E-state index in [2.05, 4.69) is 5.10 Å². The summed E-state index contributed by atoms with van der Waals surface area (Å²) in [7, 11) is 0. The minimum absolute atomic E-state index is 0.183. The lowest BCUT2D eigenvalue weighted by Gasteiger charge is -2.18. The first-order valence-corrected chi connectivity index (χ1v) is 5.62. The van der Waals surface area contributed by atoms with E-state index in [1.54, 1.807) is 13.8 Å². The van der Waals surface area contributed by atoms with Gasteiger partial charge in [0, 0.05) is 6.54 Å². The molecule has 8 nitrogen and oxygen atoms in total. The number of carbonyl (C=O) groups excluding carboxylic acids is 1. The molecule has 1 amide bonds. The van der Waals surface area contributed by atoms with Crippen LogP contribution >= 0.6 is 0 Å². The Balaban J connectivity index is 3.03. The molecule has 104 valence electrons. The Hall–Kier alpha value is -2.38. The van der Waals surface area contributed by atoms with Gasteiger partial charge in [-0.15, -0.1) is 0 Å². The van der Waals surface area contributed by atoms with E-state index < -0.39 is 30.9 Å². The first kappa shape index (κ1) is 14.7. The van der Waals surface area contributed by atoms with Crippen LogP contribution in [0.4, 0.5) is 0 Å². The molecule has 0 unspecified atom stereocenters. The predicted molar refractivity (Wildman–Crippen MR) is 63.8 cm³/mol. The van der Waals surface area contributed by atoms with Crippen LogP contribution in [0.15, 0.2) is 6.07 Å². The summed E-state index contributed by atoms with van der Waals surface area (Å²) in [6.45, 7) is 2.57. The minimum Gasteiger partial charge on any atom is -0.480 e. The van der Waals surface area contributed by atoms with Crippen LogP contribution < -0.4 is 0 Å². The Morgan fingerprint density at radius 2 is 1.79 bits per heavy atom. The number of aliphatic carboxylic acids is 2. The van der Waals surface area contributed by atoms with Crippen LogP contribution in [0.25, 0.3) is 0 Å². The van der Waals surface area contributed by atoms with Crippen LogP contribution in [0.3, 0.4) is 0 Å². The SMILES string of the molecule is CCn1nc(C)cc1C(=O)N(CC(=O)O)CC(=O)O. The zero-order valence-corrected chi connectivity index (χ0v) is 10.7. The van der Waals surface area contributed by atoms with E-state index in [0.29, 0.717) is 12.2 Å². The zero-order valence-electron chi connectivity index (χ0n) is 10.7. The molecule has 0 aliphatic rings. The fourth-order valence-corrected chi connectivity index (χ4v) is 1.65. The molecule has 0 aliphatic heterocycles. The van der Waals surface area contributed by atoms with Gasteiger partial charge in [0.15, 0.2) is 0 Å². The highest BCUT2D eigenvalue weighted by Crippen LogP contribution is 2.08. The van der Waals surface area contributed by atoms with Crippen molar-refractivity contribution in [3.63, 3.8) is 0 Å². The summed E-state index contributed by atoms with van der Waals surface area (Å²) in [5.74, 6) is -3.20. The van der Waals surface area contributed by atoms with Crippen molar-refractivity contribution in [3.8, 4) is 0 Å². The molecule has 0 saturated heterocycles. The number of hydrogen-bond donors (Lipinski definition) is 2. The van der Waals surface area contributed by atoms with Crippen molar-refractivity contribution in [1.29, 1.82) is 0 Å². The molecule has 0 fully saturated rings. The van der Waals surface area contributed by atoms with E-state index in [0.717, 1.165) is 4.90 Å². The summed E-state index contributed by atoms with van der Waals surface area (Å²) in [6.07, 6.45) is 0. The van der Waals surface area contributed by atoms with E-state index in [1.165, 1.54) is 10.7 Å². The summed E-state index contributed by atoms with van der Waals surface area (Å²) in [5.41, 5.74) is 0.790. The largest absolute Gasteiger partial charge is 0.480 e. The van der Waals surface area contributed by atoms with Crippen molar-refractivity contribution in [2.24, 2.45) is 0 Å². The maximum Gasteiger partial charge on any atom is 0.323 e. The monoisotopic (exact) mass is 269 g/mol. The molecule has 0 atom stereocenters. The molecular formula is C11H15N3O5. The van der Waals surface area contributed by atoms with Gasteiger partial charge in [0.25, 0.3) is 5.91 Å². The van der Waals surface area contributed by atoms with Crippen LogP contribution in [-0.2, 0) is 16.1 Å². The normalized spacial score (nSPS) is 10.2. The first-order valence-electron chi connectivity index (χ1n) is 5.62. The molecule has 1 heterocycles. The highest BCUT2D eigenvalue weighted by atomic mass is 16.4. The second kappa shape index (κ2) is 5.98. The number of rotatable bonds is 6. The second-order valence-corrected chi connectivity index (χ2v) is 3.94. The third kappa shape index (κ3) is 3.80. The quantitative estimate of drug-likeness (QED) is 0.741. The summed E-state index contributed by atoms with van der Waals surface area (Å²) in [6, 6.07) is 1.50. The Kier molecular flexibility index (Phi) is 4.62. The standard InChI is InChI=1S/C11H15N3O5/c1-3-14-8(4-7(2)12-14)11(19)13(5-9(15)16)6-10(17)18/h4H,3,5-6H2,1-2H3,(H,15,16)(H,17,18). The van der Waals surface area contributed by atoms with Crippen LogP contribution in [0.2, 0.25) is 0 Å². The molecule has 0 bridgehead atoms. The lowest BCUT2D eigenvalue weighted by atomic mass is 10.3. The fourth-order valence-electron chi connectivity index (χ4n) is 1.65. The third-order valence-electron chi connectivity index (χ3n) is 2.36. The maximum absolute atomic E-state index is 12.1. The van der Waals surface area contributed by atoms with Gasteiger partial charge in [-0.05, 0) is 19.9 Å². The predicted octanol–water partition coefficient (Wildman–Crippen LogP) is -0.177. The van der Waals surface area contributed by atoms with Gasteiger partial charge in [0.1, 0.15) is 18.8 Å². The van der Waals surface area contributed by atoms with E-state index in [-0.39, 0.29) is 5.69 Å². The topological polar surface area (TPSA) is 113 Å². The molecule has 8 heteroatoms. The van der Waals surface area contributed by atoms with Crippen molar-refractivity contribution < 1.29 is 24.6 Å². The number of aromatic nitrogens is 2. The second-order valence-electron chi connectivity index (χ2n) is 3.94. The van der Waals surface area contributed by atoms with Crippen molar-refractivity contribution in [2.45, 2.75) is 20.4 Å². The lowest BCUT2D eigenvalue weighted by Crippen LogP contribution is -2.40. The van der Waals surface area contributed by atoms with Gasteiger partial charge in [0.2, 0.25) is 0 Å². The summed E-state index contributed by atoms with van der Waals surface area (Å²) in [4.78, 5) is 34.3. The molecule has 1 aromatic heterocycles. The number of aryl methyl sites for hydroxylation is 2. The third-order valence-corrected chi connectivity index (χ3v) is 2.36. The summed E-state index contributed by atoms with van der Waals surface area (Å²) >= 11 is 0. The lowest BCUT2D eigenvalue weighted by molar-refractivity contribution is -0.140. The Bertz CT molecular complexity index is 492. The number of carboxylic acids is 2. The number of carboxylic acid groups (broad SMARTS) is 2. The van der Waals surface area contributed by atoms with E-state index in [9.17, 15) is 14.4 Å². The number of amides is 1. The van der Waals surface area contributed by atoms with Gasteiger partial charge in [0.05, 0.1) is 5.69 Å². The van der Waals surface area contributed by atoms with Crippen molar-refractivity contribution >= 4 is 17.8 Å². The Labute approximate surface area is 109 Å². The fraction of sp³-hybridized carbons (Fsp3) is 0.455. The van der Waals surface area contributed by atoms with Gasteiger partial charge in [-0.3, -0.25) is 19.1 Å². The van der Waals surface area contributed by atoms with Crippen molar-refractivity contribution in [1.82, 2.24) is 14.7 Å². The van der Waals surface area contributed by atoms with E-state index >= 15 is 0 Å². The molecule has 19 heavy (non-hydrogen) atoms. The maximum atomic E-state index is 12.1. The van der Waals surface area contributed by atoms with Gasteiger partial charge >= 0.3 is 11.9 Å². The Morgan fingerprint density at radius 3 is 2.21 bits per heavy atom. The molecule has 0 spiro atoms. The molecule has 0 aromatic carbocycles. The molecule has 0 radical (unpaired) electrons. The van der Waals surface area contributed by atoms with E-state index in [1.807, 2.05) is 0 Å². The van der Waals surface area contributed by atoms with Gasteiger partial charge in [-0.1, -0.05) is 0 Å². The molecular weight excluding hydrogens is 254 g/mol. The first-order chi connectivity index (χ1) is 8.85. The average Bonchev–Trinajstić information content (AvgIpc) is 2.67. The van der Waals surface area contributed by atoms with Crippen LogP contribution in [0, 0.1) is 6.92 Å². The van der Waals surface area contributed by atoms with Crippen molar-refractivity contribution in [3.05, 3.63) is 17.5 Å². The zero-order chi connectivity index (χ0) is 14.6. The number of hydrogen-bond acceptors (Lipinski definition) is 4. The van der Waals surface area contributed by atoms with Gasteiger partial charge in [-0.25, -0.2) is 0 Å². The minimum atomic E-state index is -1.27. The molecule has 2 N–H and O–H groups in total. The average molecular weight is 269 g/mol. The molecule has 0 aliphatic carbocycles. The smallest absolute Gasteiger partial charge is 0.323 e. The van der Waals surface area contributed by atoms with Crippen LogP contribution in [0.1, 0.15) is 23.1 Å². The molecule has 1 aromatic rings. The van der Waals surface area contributed by atoms with Crippen molar-refractivity contribution in [2.75, 3.05) is 13.1 Å². The highest BCUT2D eigenvalue weighted by Gasteiger charge is 2.24. The van der Waals surface area contributed by atoms with Crippen LogP contribution in [0.5, 0.6) is 0 Å². The number of nitrogens with zero attached hydrogens (tertiary/aromatic N) is 3. The molecule has 0 saturated carbocycles. The van der Waals surface area contributed by atoms with Gasteiger partial charge in [-0.2, -0.15) is 5.10 Å². The molecule has 1 rings (SSSR count). The number of carbonyl (C=O) groups is 3. The Morgan fingerprint density at radius 1 is 1.26 bits per heavy atom. The summed E-state index contributed by atoms with van der Waals surface area (Å²) < 4.78 is 1.41. The summed E-state index contributed by atoms with van der Waals surface area (Å²) in [5, 5.41) is 21.5. The van der Waals surface area contributed by atoms with E-state index in [4.69, 9.17) is 10.2 Å². The highest BCUT2D eigenvalue weighted by molar-refractivity contribution is 5.96. The van der Waals surface area contributed by atoms with Crippen LogP contribution in [-0.4, -0.2) is 55.8 Å².